The van der Waals surface area contributed by atoms with Gasteiger partial charge in [0.25, 0.3) is 0 Å². The zero-order chi connectivity index (χ0) is 13.4. The molecule has 102 valence electrons. The average molecular weight is 261 g/mol. The predicted octanol–water partition coefficient (Wildman–Crippen LogP) is 0.850. The van der Waals surface area contributed by atoms with Crippen molar-refractivity contribution < 1.29 is 9.90 Å². The number of aliphatic hydroxyl groups excluding tert-OH is 1. The first-order valence-corrected chi connectivity index (χ1v) is 6.85. The second kappa shape index (κ2) is 4.81. The second-order valence-electron chi connectivity index (χ2n) is 5.37. The van der Waals surface area contributed by atoms with Crippen LogP contribution in [-0.4, -0.2) is 35.1 Å². The van der Waals surface area contributed by atoms with E-state index < -0.39 is 6.10 Å². The fourth-order valence-corrected chi connectivity index (χ4v) is 3.09. The number of rotatable bonds is 2. The topological polar surface area (TPSA) is 65.5 Å². The maximum Gasteiger partial charge on any atom is 0.225 e. The molecule has 0 bridgehead atoms. The third kappa shape index (κ3) is 2.18. The smallest absolute Gasteiger partial charge is 0.225 e. The van der Waals surface area contributed by atoms with Crippen molar-refractivity contribution in [3.05, 3.63) is 24.0 Å². The summed E-state index contributed by atoms with van der Waals surface area (Å²) in [5.74, 6) is 0.299. The van der Waals surface area contributed by atoms with Crippen molar-refractivity contribution >= 4 is 11.6 Å². The number of aliphatic hydroxyl groups is 1. The van der Waals surface area contributed by atoms with Gasteiger partial charge in [0.15, 0.2) is 0 Å². The van der Waals surface area contributed by atoms with Crippen LogP contribution in [0, 0.1) is 5.92 Å². The maximum absolute atomic E-state index is 11.7. The standard InChI is InChI=1S/C14H19N3O2/c1-9(18)12-5-4-10(7-15-12)17-6-2-3-11-13(17)8-16-14(11)19/h4-5,7,9,11,13,18H,2-3,6,8H2,1H3,(H,16,19). The Morgan fingerprint density at radius 1 is 1.53 bits per heavy atom. The van der Waals surface area contributed by atoms with Gasteiger partial charge in [0, 0.05) is 13.1 Å². The first-order chi connectivity index (χ1) is 9.16. The third-order valence-electron chi connectivity index (χ3n) is 4.13. The first-order valence-electron chi connectivity index (χ1n) is 6.85. The molecule has 5 nitrogen and oxygen atoms in total. The van der Waals surface area contributed by atoms with Gasteiger partial charge >= 0.3 is 0 Å². The Hall–Kier alpha value is -1.62. The largest absolute Gasteiger partial charge is 0.387 e. The molecule has 5 heteroatoms. The van der Waals surface area contributed by atoms with Crippen molar-refractivity contribution in [3.63, 3.8) is 0 Å². The van der Waals surface area contributed by atoms with Crippen LogP contribution in [0.4, 0.5) is 5.69 Å². The van der Waals surface area contributed by atoms with Crippen LogP contribution in [0.25, 0.3) is 0 Å². The van der Waals surface area contributed by atoms with Gasteiger partial charge < -0.3 is 15.3 Å². The molecule has 3 rings (SSSR count). The number of anilines is 1. The van der Waals surface area contributed by atoms with E-state index in [0.29, 0.717) is 5.69 Å². The number of piperidine rings is 1. The fourth-order valence-electron chi connectivity index (χ4n) is 3.09. The van der Waals surface area contributed by atoms with E-state index in [4.69, 9.17) is 0 Å². The molecule has 2 saturated heterocycles. The minimum atomic E-state index is -0.544. The van der Waals surface area contributed by atoms with Crippen LogP contribution in [0.2, 0.25) is 0 Å². The third-order valence-corrected chi connectivity index (χ3v) is 4.13. The lowest BCUT2D eigenvalue weighted by Gasteiger charge is -2.37. The minimum absolute atomic E-state index is 0.116. The lowest BCUT2D eigenvalue weighted by Crippen LogP contribution is -2.45. The molecule has 0 aliphatic carbocycles. The monoisotopic (exact) mass is 261 g/mol. The summed E-state index contributed by atoms with van der Waals surface area (Å²) in [4.78, 5) is 18.3. The quantitative estimate of drug-likeness (QED) is 0.828. The summed E-state index contributed by atoms with van der Waals surface area (Å²) < 4.78 is 0. The van der Waals surface area contributed by atoms with Crippen LogP contribution in [0.15, 0.2) is 18.3 Å². The van der Waals surface area contributed by atoms with Gasteiger partial charge in [0.2, 0.25) is 5.91 Å². The lowest BCUT2D eigenvalue weighted by atomic mass is 9.91. The lowest BCUT2D eigenvalue weighted by molar-refractivity contribution is -0.122. The Balaban J connectivity index is 1.83. The van der Waals surface area contributed by atoms with E-state index in [1.54, 1.807) is 13.1 Å². The number of hydrogen-bond acceptors (Lipinski definition) is 4. The summed E-state index contributed by atoms with van der Waals surface area (Å²) in [6.45, 7) is 3.39. The van der Waals surface area contributed by atoms with Crippen molar-refractivity contribution in [1.29, 1.82) is 0 Å². The Labute approximate surface area is 112 Å². The van der Waals surface area contributed by atoms with E-state index in [1.807, 2.05) is 12.1 Å². The summed E-state index contributed by atoms with van der Waals surface area (Å²) in [6, 6.07) is 4.09. The van der Waals surface area contributed by atoms with E-state index in [9.17, 15) is 9.90 Å². The second-order valence-corrected chi connectivity index (χ2v) is 5.37. The molecule has 0 spiro atoms. The van der Waals surface area contributed by atoms with Crippen molar-refractivity contribution in [2.45, 2.75) is 31.9 Å². The van der Waals surface area contributed by atoms with Crippen LogP contribution in [0.5, 0.6) is 0 Å². The van der Waals surface area contributed by atoms with Gasteiger partial charge in [-0.2, -0.15) is 0 Å². The predicted molar refractivity (Wildman–Crippen MR) is 71.7 cm³/mol. The van der Waals surface area contributed by atoms with Crippen LogP contribution in [0.3, 0.4) is 0 Å². The number of nitrogens with zero attached hydrogens (tertiary/aromatic N) is 2. The Kier molecular flexibility index (Phi) is 3.14. The highest BCUT2D eigenvalue weighted by Gasteiger charge is 2.40. The van der Waals surface area contributed by atoms with Gasteiger partial charge in [-0.15, -0.1) is 0 Å². The number of nitrogens with one attached hydrogen (secondary N) is 1. The van der Waals surface area contributed by atoms with Gasteiger partial charge in [-0.05, 0) is 31.9 Å². The van der Waals surface area contributed by atoms with E-state index >= 15 is 0 Å². The molecular formula is C14H19N3O2. The average Bonchev–Trinajstić information content (AvgIpc) is 2.81. The summed E-state index contributed by atoms with van der Waals surface area (Å²) in [5, 5.41) is 12.4. The molecule has 19 heavy (non-hydrogen) atoms. The Bertz CT molecular complexity index is 472. The van der Waals surface area contributed by atoms with Gasteiger partial charge in [-0.1, -0.05) is 0 Å². The molecule has 0 aromatic carbocycles. The fraction of sp³-hybridized carbons (Fsp3) is 0.571. The molecule has 2 fully saturated rings. The number of hydrogen-bond donors (Lipinski definition) is 2. The summed E-state index contributed by atoms with van der Waals surface area (Å²) in [5.41, 5.74) is 1.72. The first kappa shape index (κ1) is 12.4. The number of pyridine rings is 1. The number of aromatic nitrogens is 1. The molecule has 3 atom stereocenters. The molecule has 1 aromatic rings. The van der Waals surface area contributed by atoms with Gasteiger partial charge in [0.1, 0.15) is 0 Å². The Morgan fingerprint density at radius 3 is 3.05 bits per heavy atom. The van der Waals surface area contributed by atoms with Crippen molar-refractivity contribution in [2.24, 2.45) is 5.92 Å². The summed E-state index contributed by atoms with van der Waals surface area (Å²) in [6.07, 6.45) is 3.27. The van der Waals surface area contributed by atoms with Gasteiger partial charge in [-0.25, -0.2) is 0 Å². The zero-order valence-corrected chi connectivity index (χ0v) is 11.0. The number of fused-ring (bicyclic) bond motifs is 1. The number of carbonyl (C=O) groups is 1. The minimum Gasteiger partial charge on any atom is -0.387 e. The highest BCUT2D eigenvalue weighted by Crippen LogP contribution is 2.31. The van der Waals surface area contributed by atoms with Crippen molar-refractivity contribution in [3.8, 4) is 0 Å². The van der Waals surface area contributed by atoms with E-state index in [-0.39, 0.29) is 17.9 Å². The highest BCUT2D eigenvalue weighted by molar-refractivity contribution is 5.83. The van der Waals surface area contributed by atoms with Crippen LogP contribution in [-0.2, 0) is 4.79 Å². The SMILES string of the molecule is CC(O)c1ccc(N2CCCC3C(=O)NCC32)cn1. The Morgan fingerprint density at radius 2 is 2.37 bits per heavy atom. The zero-order valence-electron chi connectivity index (χ0n) is 11.0. The molecule has 1 amide bonds. The molecule has 2 N–H and O–H groups in total. The number of amides is 1. The number of carbonyl (C=O) groups excluding carboxylic acids is 1. The molecule has 1 aromatic heterocycles. The van der Waals surface area contributed by atoms with Crippen LogP contribution in [0.1, 0.15) is 31.6 Å². The molecule has 0 radical (unpaired) electrons. The normalized spacial score (nSPS) is 27.9. The molecule has 2 aliphatic heterocycles. The molecular weight excluding hydrogens is 242 g/mol. The molecule has 3 unspecified atom stereocenters. The molecule has 0 saturated carbocycles. The van der Waals surface area contributed by atoms with Crippen molar-refractivity contribution in [1.82, 2.24) is 10.3 Å². The van der Waals surface area contributed by atoms with Crippen LogP contribution < -0.4 is 10.2 Å². The summed E-state index contributed by atoms with van der Waals surface area (Å²) >= 11 is 0. The molecule has 2 aliphatic rings. The van der Waals surface area contributed by atoms with Gasteiger partial charge in [-0.3, -0.25) is 9.78 Å². The van der Waals surface area contributed by atoms with E-state index in [1.165, 1.54) is 0 Å². The molecule has 3 heterocycles. The summed E-state index contributed by atoms with van der Waals surface area (Å²) in [7, 11) is 0. The maximum atomic E-state index is 11.7. The van der Waals surface area contributed by atoms with Crippen LogP contribution >= 0.6 is 0 Å². The van der Waals surface area contributed by atoms with Gasteiger partial charge in [0.05, 0.1) is 35.6 Å². The van der Waals surface area contributed by atoms with E-state index in [0.717, 1.165) is 31.6 Å². The van der Waals surface area contributed by atoms with E-state index in [2.05, 4.69) is 15.2 Å². The highest BCUT2D eigenvalue weighted by atomic mass is 16.3. The van der Waals surface area contributed by atoms with Crippen molar-refractivity contribution in [2.75, 3.05) is 18.0 Å².